The lowest BCUT2D eigenvalue weighted by Crippen LogP contribution is -2.52. The first-order valence-corrected chi connectivity index (χ1v) is 9.62. The molecule has 11 heteroatoms. The van der Waals surface area contributed by atoms with Gasteiger partial charge in [0.1, 0.15) is 17.8 Å². The summed E-state index contributed by atoms with van der Waals surface area (Å²) in [5.74, 6) is -2.88. The molecule has 1 aromatic heterocycles. The van der Waals surface area contributed by atoms with Gasteiger partial charge >= 0.3 is 11.9 Å². The zero-order valence-corrected chi connectivity index (χ0v) is 17.3. The monoisotopic (exact) mass is 424 g/mol. The second-order valence-electron chi connectivity index (χ2n) is 6.21. The van der Waals surface area contributed by atoms with Crippen molar-refractivity contribution < 1.29 is 33.4 Å². The maximum Gasteiger partial charge on any atom is 0.328 e. The van der Waals surface area contributed by atoms with Crippen LogP contribution in [0.3, 0.4) is 0 Å². The van der Waals surface area contributed by atoms with E-state index in [1.54, 1.807) is 32.2 Å². The molecular weight excluding hydrogens is 396 g/mol. The fourth-order valence-corrected chi connectivity index (χ4v) is 2.37. The Hall–Kier alpha value is -3.37. The van der Waals surface area contributed by atoms with E-state index in [4.69, 9.17) is 9.47 Å². The van der Waals surface area contributed by atoms with E-state index in [-0.39, 0.29) is 32.6 Å². The number of H-pyrrole nitrogens is 1. The Labute approximate surface area is 174 Å². The Bertz CT molecular complexity index is 733. The average Bonchev–Trinajstić information content (AvgIpc) is 3.24. The van der Waals surface area contributed by atoms with E-state index in [1.165, 1.54) is 6.92 Å². The summed E-state index contributed by atoms with van der Waals surface area (Å²) in [6, 6.07) is 1.14. The van der Waals surface area contributed by atoms with E-state index in [9.17, 15) is 24.0 Å². The molecule has 30 heavy (non-hydrogen) atoms. The first kappa shape index (κ1) is 24.7. The Morgan fingerprint density at radius 2 is 1.77 bits per heavy atom. The van der Waals surface area contributed by atoms with Crippen LogP contribution in [-0.2, 0) is 28.7 Å². The fraction of sp³-hybridized carbons (Fsp3) is 0.526. The number of esters is 2. The van der Waals surface area contributed by atoms with Crippen LogP contribution in [-0.4, -0.2) is 66.5 Å². The van der Waals surface area contributed by atoms with Gasteiger partial charge in [0.15, 0.2) is 0 Å². The second-order valence-corrected chi connectivity index (χ2v) is 6.21. The van der Waals surface area contributed by atoms with Crippen LogP contribution in [0.1, 0.15) is 44.1 Å². The lowest BCUT2D eigenvalue weighted by atomic mass is 10.1. The third-order valence-corrected chi connectivity index (χ3v) is 3.85. The summed E-state index contributed by atoms with van der Waals surface area (Å²) in [6.07, 6.45) is 1.49. The van der Waals surface area contributed by atoms with Crippen molar-refractivity contribution in [2.75, 3.05) is 19.8 Å². The van der Waals surface area contributed by atoms with Crippen LogP contribution in [0.4, 0.5) is 0 Å². The van der Waals surface area contributed by atoms with Crippen LogP contribution in [0.25, 0.3) is 0 Å². The van der Waals surface area contributed by atoms with E-state index < -0.39 is 41.7 Å². The van der Waals surface area contributed by atoms with Crippen LogP contribution in [0.15, 0.2) is 18.3 Å². The van der Waals surface area contributed by atoms with Gasteiger partial charge in [-0.05, 0) is 39.3 Å². The van der Waals surface area contributed by atoms with Crippen molar-refractivity contribution in [2.24, 2.45) is 0 Å². The van der Waals surface area contributed by atoms with Crippen molar-refractivity contribution in [3.63, 3.8) is 0 Å². The van der Waals surface area contributed by atoms with Crippen LogP contribution >= 0.6 is 0 Å². The molecule has 0 aliphatic carbocycles. The number of carbonyl (C=O) groups excluding carboxylic acids is 5. The van der Waals surface area contributed by atoms with Crippen molar-refractivity contribution in [3.8, 4) is 0 Å². The van der Waals surface area contributed by atoms with Gasteiger partial charge in [0.05, 0.1) is 19.8 Å². The lowest BCUT2D eigenvalue weighted by molar-refractivity contribution is -0.149. The van der Waals surface area contributed by atoms with Gasteiger partial charge in [0.25, 0.3) is 5.91 Å². The highest BCUT2D eigenvalue weighted by atomic mass is 16.5. The minimum atomic E-state index is -1.06. The number of nitrogens with one attached hydrogen (secondary N) is 4. The number of hydrogen-bond acceptors (Lipinski definition) is 7. The Balaban J connectivity index is 2.53. The molecule has 0 aliphatic heterocycles. The standard InChI is InChI=1S/C19H28N4O7/c1-4-29-16(25)9-8-14(19(28)30-5-2)23-17(26)12(3)22-15(24)11-21-18(27)13-7-6-10-20-13/h6-7,10,12,14,20H,4-5,8-9,11H2,1-3H3,(H,21,27)(H,22,24)(H,23,26)/t12-,14+/m0/s1. The minimum absolute atomic E-state index is 0.00369. The molecule has 4 N–H and O–H groups in total. The van der Waals surface area contributed by atoms with Gasteiger partial charge < -0.3 is 30.4 Å². The van der Waals surface area contributed by atoms with Crippen LogP contribution < -0.4 is 16.0 Å². The van der Waals surface area contributed by atoms with Crippen molar-refractivity contribution >= 4 is 29.7 Å². The first-order chi connectivity index (χ1) is 14.3. The van der Waals surface area contributed by atoms with Crippen LogP contribution in [0.5, 0.6) is 0 Å². The predicted octanol–water partition coefficient (Wildman–Crippen LogP) is -0.360. The zero-order chi connectivity index (χ0) is 22.5. The summed E-state index contributed by atoms with van der Waals surface area (Å²) in [4.78, 5) is 62.4. The number of carbonyl (C=O) groups is 5. The molecule has 1 rings (SSSR count). The van der Waals surface area contributed by atoms with Crippen molar-refractivity contribution in [1.82, 2.24) is 20.9 Å². The van der Waals surface area contributed by atoms with Crippen LogP contribution in [0.2, 0.25) is 0 Å². The van der Waals surface area contributed by atoms with Gasteiger partial charge in [-0.3, -0.25) is 19.2 Å². The summed E-state index contributed by atoms with van der Waals surface area (Å²) in [6.45, 7) is 4.68. The van der Waals surface area contributed by atoms with Crippen molar-refractivity contribution in [3.05, 3.63) is 24.0 Å². The largest absolute Gasteiger partial charge is 0.466 e. The number of aromatic amines is 1. The van der Waals surface area contributed by atoms with Gasteiger partial charge in [-0.25, -0.2) is 4.79 Å². The van der Waals surface area contributed by atoms with Gasteiger partial charge in [-0.1, -0.05) is 0 Å². The Morgan fingerprint density at radius 1 is 1.07 bits per heavy atom. The van der Waals surface area contributed by atoms with Gasteiger partial charge in [0, 0.05) is 12.6 Å². The van der Waals surface area contributed by atoms with E-state index in [2.05, 4.69) is 20.9 Å². The summed E-state index contributed by atoms with van der Waals surface area (Å²) in [7, 11) is 0. The molecule has 2 atom stereocenters. The van der Waals surface area contributed by atoms with Crippen molar-refractivity contribution in [1.29, 1.82) is 0 Å². The molecule has 1 aromatic rings. The molecule has 0 fully saturated rings. The number of aromatic nitrogens is 1. The molecule has 0 radical (unpaired) electrons. The second kappa shape index (κ2) is 13.0. The normalized spacial score (nSPS) is 12.2. The Kier molecular flexibility index (Phi) is 10.7. The molecular formula is C19H28N4O7. The fourth-order valence-electron chi connectivity index (χ4n) is 2.37. The lowest BCUT2D eigenvalue weighted by Gasteiger charge is -2.20. The van der Waals surface area contributed by atoms with Gasteiger partial charge in [-0.15, -0.1) is 0 Å². The predicted molar refractivity (Wildman–Crippen MR) is 105 cm³/mol. The quantitative estimate of drug-likeness (QED) is 0.334. The molecule has 0 bridgehead atoms. The molecule has 0 saturated carbocycles. The van der Waals surface area contributed by atoms with E-state index >= 15 is 0 Å². The number of hydrogen-bond donors (Lipinski definition) is 4. The molecule has 0 aliphatic rings. The highest BCUT2D eigenvalue weighted by molar-refractivity contribution is 5.96. The number of amides is 3. The molecule has 0 aromatic carbocycles. The maximum absolute atomic E-state index is 12.4. The first-order valence-electron chi connectivity index (χ1n) is 9.62. The smallest absolute Gasteiger partial charge is 0.328 e. The summed E-state index contributed by atoms with van der Waals surface area (Å²) < 4.78 is 9.73. The highest BCUT2D eigenvalue weighted by Crippen LogP contribution is 2.03. The van der Waals surface area contributed by atoms with Crippen LogP contribution in [0, 0.1) is 0 Å². The summed E-state index contributed by atoms with van der Waals surface area (Å²) in [5, 5.41) is 7.30. The molecule has 1 heterocycles. The average molecular weight is 424 g/mol. The third kappa shape index (κ3) is 8.76. The molecule has 166 valence electrons. The molecule has 0 unspecified atom stereocenters. The summed E-state index contributed by atoms with van der Waals surface area (Å²) >= 11 is 0. The molecule has 0 saturated heterocycles. The molecule has 0 spiro atoms. The highest BCUT2D eigenvalue weighted by Gasteiger charge is 2.26. The number of rotatable bonds is 12. The minimum Gasteiger partial charge on any atom is -0.466 e. The molecule has 3 amide bonds. The third-order valence-electron chi connectivity index (χ3n) is 3.85. The van der Waals surface area contributed by atoms with E-state index in [0.717, 1.165) is 0 Å². The van der Waals surface area contributed by atoms with E-state index in [1.807, 2.05) is 0 Å². The summed E-state index contributed by atoms with van der Waals surface area (Å²) in [5.41, 5.74) is 0.299. The topological polar surface area (TPSA) is 156 Å². The van der Waals surface area contributed by atoms with Crippen molar-refractivity contribution in [2.45, 2.75) is 45.7 Å². The SMILES string of the molecule is CCOC(=O)CC[C@@H](NC(=O)[C@H](C)NC(=O)CNC(=O)c1ccc[nH]1)C(=O)OCC. The molecule has 11 nitrogen and oxygen atoms in total. The maximum atomic E-state index is 12.4. The van der Waals surface area contributed by atoms with E-state index in [0.29, 0.717) is 5.69 Å². The number of ether oxygens (including phenoxy) is 2. The Morgan fingerprint density at radius 3 is 2.37 bits per heavy atom. The zero-order valence-electron chi connectivity index (χ0n) is 17.3. The van der Waals surface area contributed by atoms with Gasteiger partial charge in [-0.2, -0.15) is 0 Å². The van der Waals surface area contributed by atoms with Gasteiger partial charge in [0.2, 0.25) is 11.8 Å².